The van der Waals surface area contributed by atoms with E-state index in [1.54, 1.807) is 7.11 Å². The average Bonchev–Trinajstić information content (AvgIpc) is 2.74. The Morgan fingerprint density at radius 2 is 1.79 bits per heavy atom. The molecule has 0 bridgehead atoms. The van der Waals surface area contributed by atoms with E-state index in [1.165, 1.54) is 12.4 Å². The Morgan fingerprint density at radius 3 is 2.43 bits per heavy atom. The molecule has 1 aromatic heterocycles. The summed E-state index contributed by atoms with van der Waals surface area (Å²) in [6.45, 7) is 4.63. The molecule has 0 fully saturated rings. The number of carbonyl (C=O) groups is 1. The van der Waals surface area contributed by atoms with Crippen LogP contribution < -0.4 is 15.4 Å². The molecule has 0 aliphatic rings. The molecule has 2 N–H and O–H groups in total. The smallest absolute Gasteiger partial charge is 0.258 e. The maximum atomic E-state index is 12.6. The number of benzene rings is 2. The number of anilines is 2. The molecule has 0 aliphatic carbocycles. The standard InChI is InChI=1S/C22H24N4O2/c1-4-17-7-5-6-15(2)20(17)26-21(27)18-13-24-22(25-14-18)23-12-16-8-10-19(28-3)11-9-16/h5-11,13-14H,4,12H2,1-3H3,(H,26,27)(H,23,24,25). The van der Waals surface area contributed by atoms with Gasteiger partial charge in [-0.2, -0.15) is 0 Å². The van der Waals surface area contributed by atoms with Gasteiger partial charge >= 0.3 is 0 Å². The van der Waals surface area contributed by atoms with E-state index < -0.39 is 0 Å². The van der Waals surface area contributed by atoms with Gasteiger partial charge in [-0.3, -0.25) is 4.79 Å². The Bertz CT molecular complexity index is 938. The lowest BCUT2D eigenvalue weighted by Gasteiger charge is -2.13. The SMILES string of the molecule is CCc1cccc(C)c1NC(=O)c1cnc(NCc2ccc(OC)cc2)nc1. The minimum Gasteiger partial charge on any atom is -0.497 e. The van der Waals surface area contributed by atoms with E-state index in [4.69, 9.17) is 4.74 Å². The molecule has 6 heteroatoms. The highest BCUT2D eigenvalue weighted by atomic mass is 16.5. The van der Waals surface area contributed by atoms with Gasteiger partial charge in [0.25, 0.3) is 5.91 Å². The van der Waals surface area contributed by atoms with Gasteiger partial charge in [0.15, 0.2) is 0 Å². The number of hydrogen-bond donors (Lipinski definition) is 2. The molecule has 1 amide bonds. The fourth-order valence-electron chi connectivity index (χ4n) is 2.85. The number of hydrogen-bond acceptors (Lipinski definition) is 5. The van der Waals surface area contributed by atoms with Crippen molar-refractivity contribution in [2.75, 3.05) is 17.7 Å². The first kappa shape index (κ1) is 19.4. The molecule has 1 heterocycles. The largest absolute Gasteiger partial charge is 0.497 e. The zero-order valence-corrected chi connectivity index (χ0v) is 16.3. The van der Waals surface area contributed by atoms with Crippen LogP contribution in [0.4, 0.5) is 11.6 Å². The van der Waals surface area contributed by atoms with Gasteiger partial charge in [-0.15, -0.1) is 0 Å². The minimum atomic E-state index is -0.217. The number of para-hydroxylation sites is 1. The summed E-state index contributed by atoms with van der Waals surface area (Å²) in [5.41, 5.74) is 4.49. The molecule has 3 aromatic rings. The summed E-state index contributed by atoms with van der Waals surface area (Å²) in [5, 5.41) is 6.13. The third-order valence-corrected chi connectivity index (χ3v) is 4.50. The quantitative estimate of drug-likeness (QED) is 0.646. The van der Waals surface area contributed by atoms with Crippen LogP contribution in [0.25, 0.3) is 0 Å². The van der Waals surface area contributed by atoms with Crippen LogP contribution in [-0.4, -0.2) is 23.0 Å². The topological polar surface area (TPSA) is 76.1 Å². The fourth-order valence-corrected chi connectivity index (χ4v) is 2.85. The van der Waals surface area contributed by atoms with Gasteiger partial charge in [0.05, 0.1) is 12.7 Å². The maximum absolute atomic E-state index is 12.6. The Kier molecular flexibility index (Phi) is 6.22. The second-order valence-electron chi connectivity index (χ2n) is 6.41. The molecule has 0 unspecified atom stereocenters. The van der Waals surface area contributed by atoms with Crippen molar-refractivity contribution >= 4 is 17.5 Å². The molecule has 0 radical (unpaired) electrons. The number of nitrogens with zero attached hydrogens (tertiary/aromatic N) is 2. The summed E-state index contributed by atoms with van der Waals surface area (Å²) < 4.78 is 5.15. The number of amides is 1. The van der Waals surface area contributed by atoms with Crippen molar-refractivity contribution in [3.63, 3.8) is 0 Å². The first-order valence-corrected chi connectivity index (χ1v) is 9.19. The molecule has 2 aromatic carbocycles. The monoisotopic (exact) mass is 376 g/mol. The van der Waals surface area contributed by atoms with E-state index in [1.807, 2.05) is 49.4 Å². The molecule has 144 valence electrons. The van der Waals surface area contributed by atoms with Crippen molar-refractivity contribution in [1.82, 2.24) is 9.97 Å². The summed E-state index contributed by atoms with van der Waals surface area (Å²) in [5.74, 6) is 1.07. The van der Waals surface area contributed by atoms with Crippen molar-refractivity contribution in [3.8, 4) is 5.75 Å². The highest BCUT2D eigenvalue weighted by Crippen LogP contribution is 2.21. The van der Waals surface area contributed by atoms with Crippen LogP contribution in [0.3, 0.4) is 0 Å². The predicted molar refractivity (Wildman–Crippen MR) is 111 cm³/mol. The number of ether oxygens (including phenoxy) is 1. The van der Waals surface area contributed by atoms with E-state index >= 15 is 0 Å². The Hall–Kier alpha value is -3.41. The van der Waals surface area contributed by atoms with Crippen molar-refractivity contribution in [3.05, 3.63) is 77.1 Å². The Balaban J connectivity index is 1.62. The molecule has 0 spiro atoms. The zero-order chi connectivity index (χ0) is 19.9. The molecular formula is C22H24N4O2. The molecule has 28 heavy (non-hydrogen) atoms. The summed E-state index contributed by atoms with van der Waals surface area (Å²) >= 11 is 0. The van der Waals surface area contributed by atoms with E-state index in [0.29, 0.717) is 18.1 Å². The van der Waals surface area contributed by atoms with Gasteiger partial charge in [0.2, 0.25) is 5.95 Å². The van der Waals surface area contributed by atoms with Crippen molar-refractivity contribution in [1.29, 1.82) is 0 Å². The number of aromatic nitrogens is 2. The van der Waals surface area contributed by atoms with Gasteiger partial charge < -0.3 is 15.4 Å². The van der Waals surface area contributed by atoms with Gasteiger partial charge in [-0.25, -0.2) is 9.97 Å². The molecule has 0 saturated carbocycles. The van der Waals surface area contributed by atoms with E-state index in [2.05, 4.69) is 27.5 Å². The summed E-state index contributed by atoms with van der Waals surface area (Å²) in [6, 6.07) is 13.8. The normalized spacial score (nSPS) is 10.4. The molecule has 0 saturated heterocycles. The van der Waals surface area contributed by atoms with Gasteiger partial charge in [0, 0.05) is 24.6 Å². The van der Waals surface area contributed by atoms with Crippen LogP contribution in [0.5, 0.6) is 5.75 Å². The van der Waals surface area contributed by atoms with Crippen molar-refractivity contribution in [2.45, 2.75) is 26.8 Å². The van der Waals surface area contributed by atoms with Crippen LogP contribution in [0.2, 0.25) is 0 Å². The number of aryl methyl sites for hydroxylation is 2. The van der Waals surface area contributed by atoms with Crippen LogP contribution in [-0.2, 0) is 13.0 Å². The molecule has 0 atom stereocenters. The van der Waals surface area contributed by atoms with E-state index in [0.717, 1.165) is 34.5 Å². The highest BCUT2D eigenvalue weighted by Gasteiger charge is 2.11. The lowest BCUT2D eigenvalue weighted by Crippen LogP contribution is -2.15. The van der Waals surface area contributed by atoms with Gasteiger partial charge in [-0.1, -0.05) is 37.3 Å². The first-order valence-electron chi connectivity index (χ1n) is 9.19. The summed E-state index contributed by atoms with van der Waals surface area (Å²) in [6.07, 6.45) is 3.91. The number of rotatable bonds is 7. The van der Waals surface area contributed by atoms with Crippen LogP contribution in [0, 0.1) is 6.92 Å². The van der Waals surface area contributed by atoms with Gasteiger partial charge in [-0.05, 0) is 42.2 Å². The maximum Gasteiger partial charge on any atom is 0.258 e. The van der Waals surface area contributed by atoms with Crippen LogP contribution >= 0.6 is 0 Å². The highest BCUT2D eigenvalue weighted by molar-refractivity contribution is 6.04. The predicted octanol–water partition coefficient (Wildman–Crippen LogP) is 4.22. The zero-order valence-electron chi connectivity index (χ0n) is 16.3. The van der Waals surface area contributed by atoms with Crippen molar-refractivity contribution in [2.24, 2.45) is 0 Å². The Labute approximate surface area is 165 Å². The molecule has 0 aliphatic heterocycles. The lowest BCUT2D eigenvalue weighted by molar-refractivity contribution is 0.102. The third kappa shape index (κ3) is 4.65. The molecule has 3 rings (SSSR count). The van der Waals surface area contributed by atoms with Crippen molar-refractivity contribution < 1.29 is 9.53 Å². The Morgan fingerprint density at radius 1 is 1.07 bits per heavy atom. The average molecular weight is 376 g/mol. The molecular weight excluding hydrogens is 352 g/mol. The summed E-state index contributed by atoms with van der Waals surface area (Å²) in [7, 11) is 1.64. The number of methoxy groups -OCH3 is 1. The molecule has 6 nitrogen and oxygen atoms in total. The third-order valence-electron chi connectivity index (χ3n) is 4.50. The number of nitrogens with one attached hydrogen (secondary N) is 2. The lowest BCUT2D eigenvalue weighted by atomic mass is 10.1. The van der Waals surface area contributed by atoms with Crippen LogP contribution in [0.1, 0.15) is 34.0 Å². The summed E-state index contributed by atoms with van der Waals surface area (Å²) in [4.78, 5) is 21.1. The van der Waals surface area contributed by atoms with Crippen LogP contribution in [0.15, 0.2) is 54.9 Å². The second-order valence-corrected chi connectivity index (χ2v) is 6.41. The minimum absolute atomic E-state index is 0.217. The van der Waals surface area contributed by atoms with E-state index in [-0.39, 0.29) is 5.91 Å². The number of carbonyl (C=O) groups excluding carboxylic acids is 1. The second kappa shape index (κ2) is 8.99. The first-order chi connectivity index (χ1) is 13.6. The van der Waals surface area contributed by atoms with E-state index in [9.17, 15) is 4.79 Å². The van der Waals surface area contributed by atoms with Gasteiger partial charge in [0.1, 0.15) is 5.75 Å². The fraction of sp³-hybridized carbons (Fsp3) is 0.227.